The fraction of sp³-hybridized carbons (Fsp3) is 0.759. The Morgan fingerprint density at radius 1 is 0.596 bits per heavy atom. The number of hydrogen-bond acceptors (Lipinski definition) is 30. The third kappa shape index (κ3) is 14.7. The molecule has 5 aliphatic carbocycles. The summed E-state index contributed by atoms with van der Waals surface area (Å²) in [5, 5.41) is 153. The summed E-state index contributed by atoms with van der Waals surface area (Å²) in [6, 6.07) is 15.7. The zero-order valence-electron chi connectivity index (χ0n) is 63.5. The van der Waals surface area contributed by atoms with Gasteiger partial charge in [0.05, 0.1) is 49.8 Å². The molecule has 6 aliphatic heterocycles. The van der Waals surface area contributed by atoms with Crippen molar-refractivity contribution in [3.63, 3.8) is 0 Å². The van der Waals surface area contributed by atoms with Crippen LogP contribution in [0.1, 0.15) is 150 Å². The normalized spacial score (nSPS) is 45.8. The standard InChI is InChI=1S/C58H94O25.C21H18O5/c1-23-44(80-47-40(69)34(63)27(60)21-74-47)38(67)42(71)48(76-23)79-33-13-14-55(7)30(54(33,5)6)12-15-56(8)31(55)11-10-25-26-18-53(3,4)16-17-58(26,32(62)19-57(25,56)9)52(73)83-51-46(35(64)28(61)22-75-51)82-49-43(72)39(68)45(24(2)77-49)81-50-41(70)37(66)36(65)29(20-59)78-50;1-21(2,26-20(23)13-6-4-3-5-7-13)18-11-15-10-14-8-9-19(22)25-16(14)12-17(15)24-18/h10,23-24,26-51,59-72H,11-22H2,1-9H3;3-10,12,18H,11H2,1-2H3. The second kappa shape index (κ2) is 30.8. The first-order valence-electron chi connectivity index (χ1n) is 38.4. The highest BCUT2D eigenvalue weighted by molar-refractivity contribution is 5.89. The maximum absolute atomic E-state index is 15.4. The number of hydrogen-bond donors (Lipinski definition) is 14. The van der Waals surface area contributed by atoms with Gasteiger partial charge < -0.3 is 133 Å². The van der Waals surface area contributed by atoms with Crippen LogP contribution in [0, 0.1) is 50.2 Å². The van der Waals surface area contributed by atoms with Crippen LogP contribution in [-0.4, -0.2) is 268 Å². The number of carbonyl (C=O) groups excluding carboxylic acids is 2. The quantitative estimate of drug-likeness (QED) is 0.0474. The van der Waals surface area contributed by atoms with Crippen molar-refractivity contribution in [2.24, 2.45) is 50.2 Å². The Morgan fingerprint density at radius 2 is 1.19 bits per heavy atom. The Bertz CT molecular complexity index is 3810. The molecule has 33 unspecified atom stereocenters. The maximum atomic E-state index is 15.4. The van der Waals surface area contributed by atoms with Gasteiger partial charge in [0.15, 0.2) is 31.3 Å². The zero-order valence-corrected chi connectivity index (χ0v) is 63.5. The second-order valence-corrected chi connectivity index (χ2v) is 35.2. The number of benzene rings is 2. The average molecular weight is 1540 g/mol. The van der Waals surface area contributed by atoms with E-state index >= 15 is 4.79 Å². The zero-order chi connectivity index (χ0) is 78.9. The molecule has 3 aromatic rings. The molecule has 7 heterocycles. The van der Waals surface area contributed by atoms with Gasteiger partial charge in [-0.3, -0.25) is 4.79 Å². The van der Waals surface area contributed by atoms with Crippen molar-refractivity contribution < 1.29 is 142 Å². The summed E-state index contributed by atoms with van der Waals surface area (Å²) < 4.78 is 76.6. The summed E-state index contributed by atoms with van der Waals surface area (Å²) in [6.45, 7) is 20.9. The van der Waals surface area contributed by atoms with Crippen molar-refractivity contribution in [3.8, 4) is 5.75 Å². The molecule has 1 aromatic heterocycles. The van der Waals surface area contributed by atoms with Gasteiger partial charge in [0.1, 0.15) is 120 Å². The predicted molar refractivity (Wildman–Crippen MR) is 379 cm³/mol. The summed E-state index contributed by atoms with van der Waals surface area (Å²) in [7, 11) is 0. The number of carbonyl (C=O) groups is 2. The van der Waals surface area contributed by atoms with Gasteiger partial charge in [-0.15, -0.1) is 0 Å². The summed E-state index contributed by atoms with van der Waals surface area (Å²) in [6.07, 6.45) is -28.9. The number of rotatable bonds is 14. The van der Waals surface area contributed by atoms with Gasteiger partial charge in [0.25, 0.3) is 0 Å². The minimum Gasteiger partial charge on any atom is -0.485 e. The van der Waals surface area contributed by atoms with E-state index in [2.05, 4.69) is 54.5 Å². The Labute approximate surface area is 632 Å². The SMILES string of the molecule is CC(C)(OC(=O)c1ccccc1)C1Cc2cc3ccc(=O)oc3cc2O1.CC1OC(OC2CCC3(C)C(CCC4(C)C3CC=C3C5CC(C)(C)CCC5(C(=O)OC5OCC(O)C(O)C5OC5OC(C)C(OC6OC(CO)C(O)C(O)C6O)C(O)C5O)C(O)CC34C)C2(C)C)C(O)C(O)C1OC1OCC(O)C(O)C1O. The van der Waals surface area contributed by atoms with E-state index < -0.39 is 206 Å². The lowest BCUT2D eigenvalue weighted by molar-refractivity contribution is -0.374. The molecule has 2 aromatic carbocycles. The Morgan fingerprint density at radius 3 is 1.85 bits per heavy atom. The van der Waals surface area contributed by atoms with E-state index in [1.807, 2.05) is 26.0 Å². The second-order valence-electron chi connectivity index (χ2n) is 35.2. The summed E-state index contributed by atoms with van der Waals surface area (Å²) in [5.74, 6) is -0.732. The van der Waals surface area contributed by atoms with Crippen LogP contribution in [0.15, 0.2) is 75.5 Å². The molecule has 33 atom stereocenters. The summed E-state index contributed by atoms with van der Waals surface area (Å²) in [4.78, 5) is 39.2. The Kier molecular flexibility index (Phi) is 23.2. The molecule has 0 bridgehead atoms. The van der Waals surface area contributed by atoms with E-state index in [0.717, 1.165) is 35.8 Å². The highest BCUT2D eigenvalue weighted by atomic mass is 16.8. The van der Waals surface area contributed by atoms with Crippen molar-refractivity contribution in [2.45, 2.75) is 306 Å². The fourth-order valence-electron chi connectivity index (χ4n) is 20.6. The number of ether oxygens (including phenoxy) is 12. The molecular weight excluding hydrogens is 1430 g/mol. The molecule has 109 heavy (non-hydrogen) atoms. The number of allylic oxidation sites excluding steroid dienone is 2. The van der Waals surface area contributed by atoms with Crippen LogP contribution in [-0.2, 0) is 63.3 Å². The van der Waals surface area contributed by atoms with Crippen LogP contribution >= 0.6 is 0 Å². The van der Waals surface area contributed by atoms with Crippen molar-refractivity contribution >= 4 is 22.9 Å². The molecule has 14 N–H and O–H groups in total. The molecular formula is C79H112O30. The summed E-state index contributed by atoms with van der Waals surface area (Å²) >= 11 is 0. The minimum atomic E-state index is -1.93. The fourth-order valence-corrected chi connectivity index (χ4v) is 20.6. The lowest BCUT2D eigenvalue weighted by Crippen LogP contribution is -2.68. The largest absolute Gasteiger partial charge is 0.485 e. The summed E-state index contributed by atoms with van der Waals surface area (Å²) in [5.41, 5.74) is -1.51. The van der Waals surface area contributed by atoms with Gasteiger partial charge in [0, 0.05) is 23.9 Å². The van der Waals surface area contributed by atoms with Crippen LogP contribution in [0.5, 0.6) is 5.75 Å². The molecule has 30 nitrogen and oxygen atoms in total. The van der Waals surface area contributed by atoms with Crippen LogP contribution in [0.4, 0.5) is 0 Å². The monoisotopic (exact) mass is 1540 g/mol. The Balaban J connectivity index is 0.000000336. The molecule has 0 amide bonds. The van der Waals surface area contributed by atoms with Crippen molar-refractivity contribution in [1.29, 1.82) is 0 Å². The van der Waals surface area contributed by atoms with Gasteiger partial charge in [0.2, 0.25) is 6.29 Å². The van der Waals surface area contributed by atoms with E-state index in [4.69, 9.17) is 61.3 Å². The third-order valence-electron chi connectivity index (χ3n) is 27.3. The molecule has 0 radical (unpaired) electrons. The smallest absolute Gasteiger partial charge is 0.338 e. The predicted octanol–water partition coefficient (Wildman–Crippen LogP) is 1.83. The lowest BCUT2D eigenvalue weighted by Gasteiger charge is -2.71. The van der Waals surface area contributed by atoms with Gasteiger partial charge in [-0.1, -0.05) is 78.3 Å². The van der Waals surface area contributed by atoms with E-state index in [1.54, 1.807) is 43.3 Å². The maximum Gasteiger partial charge on any atom is 0.338 e. The Hall–Kier alpha value is -4.79. The molecule has 11 aliphatic rings. The molecule has 4 saturated carbocycles. The molecule has 5 saturated heterocycles. The first kappa shape index (κ1) is 82.2. The molecule has 14 rings (SSSR count). The van der Waals surface area contributed by atoms with E-state index in [1.165, 1.54) is 13.0 Å². The van der Waals surface area contributed by atoms with Crippen molar-refractivity contribution in [1.82, 2.24) is 0 Å². The van der Waals surface area contributed by atoms with Gasteiger partial charge in [-0.05, 0) is 160 Å². The van der Waals surface area contributed by atoms with E-state index in [9.17, 15) is 81.1 Å². The first-order chi connectivity index (χ1) is 51.2. The molecule has 0 spiro atoms. The van der Waals surface area contributed by atoms with Gasteiger partial charge in [-0.25, -0.2) is 9.59 Å². The van der Waals surface area contributed by atoms with Gasteiger partial charge in [-0.2, -0.15) is 0 Å². The third-order valence-corrected chi connectivity index (χ3v) is 27.3. The van der Waals surface area contributed by atoms with E-state index in [-0.39, 0.29) is 59.6 Å². The number of aliphatic hydroxyl groups is 14. The highest BCUT2D eigenvalue weighted by Crippen LogP contribution is 2.76. The average Bonchev–Trinajstić information content (AvgIpc) is 0.956. The van der Waals surface area contributed by atoms with Crippen LogP contribution in [0.3, 0.4) is 0 Å². The molecule has 30 heteroatoms. The van der Waals surface area contributed by atoms with Crippen LogP contribution in [0.2, 0.25) is 0 Å². The van der Waals surface area contributed by atoms with Crippen molar-refractivity contribution in [3.05, 3.63) is 87.8 Å². The molecule has 608 valence electrons. The van der Waals surface area contributed by atoms with Gasteiger partial charge >= 0.3 is 17.6 Å². The number of esters is 2. The molecule has 9 fully saturated rings. The van der Waals surface area contributed by atoms with Crippen molar-refractivity contribution in [2.75, 3.05) is 19.8 Å². The van der Waals surface area contributed by atoms with E-state index in [0.29, 0.717) is 49.0 Å². The highest BCUT2D eigenvalue weighted by Gasteiger charge is 2.72. The van der Waals surface area contributed by atoms with Crippen LogP contribution in [0.25, 0.3) is 11.0 Å². The first-order valence-corrected chi connectivity index (χ1v) is 38.4. The topological polar surface area (TPSA) is 458 Å². The minimum absolute atomic E-state index is 0.129. The lowest BCUT2D eigenvalue weighted by atomic mass is 9.33. The van der Waals surface area contributed by atoms with Crippen LogP contribution < -0.4 is 10.4 Å². The number of aliphatic hydroxyl groups excluding tert-OH is 14. The number of fused-ring (bicyclic) bond motifs is 9.